The molecule has 1 aromatic heterocycles. The highest BCUT2D eigenvalue weighted by atomic mass is 32.2. The first-order valence-corrected chi connectivity index (χ1v) is 14.7. The molecule has 10 nitrogen and oxygen atoms in total. The Kier molecular flexibility index (Phi) is 6.87. The zero-order valence-electron chi connectivity index (χ0n) is 22.9. The fourth-order valence-electron chi connectivity index (χ4n) is 5.91. The van der Waals surface area contributed by atoms with Crippen molar-refractivity contribution in [1.29, 1.82) is 0 Å². The summed E-state index contributed by atoms with van der Waals surface area (Å²) in [6, 6.07) is 6.13. The van der Waals surface area contributed by atoms with Crippen molar-refractivity contribution in [3.05, 3.63) is 71.1 Å². The van der Waals surface area contributed by atoms with Gasteiger partial charge in [-0.15, -0.1) is 21.9 Å². The van der Waals surface area contributed by atoms with Crippen molar-refractivity contribution in [2.75, 3.05) is 37.8 Å². The van der Waals surface area contributed by atoms with Crippen LogP contribution >= 0.6 is 11.8 Å². The van der Waals surface area contributed by atoms with Gasteiger partial charge in [-0.25, -0.2) is 9.18 Å². The minimum Gasteiger partial charge on any atom is -0.456 e. The van der Waals surface area contributed by atoms with E-state index in [9.17, 15) is 14.0 Å². The zero-order chi connectivity index (χ0) is 28.1. The lowest BCUT2D eigenvalue weighted by molar-refractivity contribution is -0.949. The van der Waals surface area contributed by atoms with Crippen molar-refractivity contribution in [3.63, 3.8) is 0 Å². The van der Waals surface area contributed by atoms with E-state index in [-0.39, 0.29) is 17.6 Å². The van der Waals surface area contributed by atoms with Gasteiger partial charge in [-0.2, -0.15) is 9.27 Å². The van der Waals surface area contributed by atoms with Gasteiger partial charge in [0.05, 0.1) is 17.1 Å². The van der Waals surface area contributed by atoms with Crippen LogP contribution in [0.15, 0.2) is 59.5 Å². The van der Waals surface area contributed by atoms with Crippen LogP contribution in [0.25, 0.3) is 5.69 Å². The smallest absolute Gasteiger partial charge is 0.345 e. The molecule has 210 valence electrons. The van der Waals surface area contributed by atoms with Gasteiger partial charge in [0.1, 0.15) is 29.7 Å². The van der Waals surface area contributed by atoms with Gasteiger partial charge >= 0.3 is 5.97 Å². The summed E-state index contributed by atoms with van der Waals surface area (Å²) in [5.41, 5.74) is 1.74. The zero-order valence-corrected chi connectivity index (χ0v) is 23.7. The summed E-state index contributed by atoms with van der Waals surface area (Å²) in [5, 5.41) is 14.7. The van der Waals surface area contributed by atoms with Crippen LogP contribution in [-0.4, -0.2) is 90.0 Å². The number of piperidine rings is 1. The van der Waals surface area contributed by atoms with E-state index in [1.165, 1.54) is 12.1 Å². The van der Waals surface area contributed by atoms with Crippen molar-refractivity contribution in [2.45, 2.75) is 45.1 Å². The number of tetrazole rings is 1. The van der Waals surface area contributed by atoms with Crippen LogP contribution < -0.4 is 0 Å². The number of thioether (sulfide) groups is 1. The third kappa shape index (κ3) is 4.77. The molecule has 0 N–H and O–H groups in total. The minimum atomic E-state index is -0.681. The van der Waals surface area contributed by atoms with Crippen molar-refractivity contribution >= 4 is 23.6 Å². The Morgan fingerprint density at radius 3 is 2.55 bits per heavy atom. The molecule has 1 atom stereocenters. The molecule has 1 amide bonds. The lowest BCUT2D eigenvalue weighted by atomic mass is 9.96. The summed E-state index contributed by atoms with van der Waals surface area (Å²) in [6.45, 7) is 8.01. The summed E-state index contributed by atoms with van der Waals surface area (Å²) < 4.78 is 21.3. The number of amides is 1. The Labute approximate surface area is 236 Å². The maximum atomic E-state index is 13.7. The number of quaternary nitrogens is 1. The Morgan fingerprint density at radius 1 is 1.12 bits per heavy atom. The van der Waals surface area contributed by atoms with E-state index >= 15 is 0 Å². The molecule has 6 rings (SSSR count). The number of esters is 1. The molecule has 2 fully saturated rings. The molecule has 0 radical (unpaired) electrons. The van der Waals surface area contributed by atoms with Crippen LogP contribution in [0.5, 0.6) is 0 Å². The third-order valence-electron chi connectivity index (χ3n) is 7.77. The monoisotopic (exact) mass is 566 g/mol. The first kappa shape index (κ1) is 26.9. The standard InChI is InChI=1S/C28H33FN7O3S/c1-28(2,3)39-27(38)24-22(26(37)33-14-16-40-18-33)17-36(15-4-5-23(24)36)34-12-10-19(11-13-34)25-30-31-32-35(25)21-8-6-20(29)7-9-21/h4-9,15,19H,10-14,16-18H2,1-3H3/q+1/t36-/m1/s1. The molecule has 40 heavy (non-hydrogen) atoms. The molecule has 12 heteroatoms. The molecular formula is C28H33FN7O3S+. The number of hydrogen-bond acceptors (Lipinski definition) is 8. The Hall–Kier alpha value is -3.35. The Morgan fingerprint density at radius 2 is 1.88 bits per heavy atom. The Bertz CT molecular complexity index is 1410. The quantitative estimate of drug-likeness (QED) is 0.402. The molecule has 0 unspecified atom stereocenters. The van der Waals surface area contributed by atoms with Gasteiger partial charge in [-0.3, -0.25) is 4.79 Å². The van der Waals surface area contributed by atoms with E-state index < -0.39 is 11.6 Å². The van der Waals surface area contributed by atoms with Gasteiger partial charge in [-0.05, 0) is 74.4 Å². The molecule has 0 bridgehead atoms. The fourth-order valence-corrected chi connectivity index (χ4v) is 6.86. The Balaban J connectivity index is 1.25. The summed E-state index contributed by atoms with van der Waals surface area (Å²) >= 11 is 1.72. The second-order valence-electron chi connectivity index (χ2n) is 11.5. The number of fused-ring (bicyclic) bond motifs is 1. The molecule has 5 heterocycles. The first-order valence-electron chi connectivity index (χ1n) is 13.6. The largest absolute Gasteiger partial charge is 0.456 e. The van der Waals surface area contributed by atoms with E-state index in [4.69, 9.17) is 4.74 Å². The van der Waals surface area contributed by atoms with Crippen LogP contribution in [0.2, 0.25) is 0 Å². The fraction of sp³-hybridized carbons (Fsp3) is 0.464. The highest BCUT2D eigenvalue weighted by molar-refractivity contribution is 7.99. The highest BCUT2D eigenvalue weighted by Crippen LogP contribution is 2.45. The number of halogens is 1. The highest BCUT2D eigenvalue weighted by Gasteiger charge is 2.55. The number of hydrogen-bond donors (Lipinski definition) is 0. The van der Waals surface area contributed by atoms with E-state index in [0.29, 0.717) is 53.5 Å². The maximum Gasteiger partial charge on any atom is 0.345 e. The predicted octanol–water partition coefficient (Wildman–Crippen LogP) is 3.31. The van der Waals surface area contributed by atoms with E-state index in [1.807, 2.05) is 37.8 Å². The topological polar surface area (TPSA) is 93.5 Å². The van der Waals surface area contributed by atoms with Crippen LogP contribution in [0.4, 0.5) is 4.39 Å². The SMILES string of the molecule is CC(C)(C)OC(=O)C1=C(C(=O)N2CCSC2)C[N@+]2(N3CCC(c4nnnn4-c4ccc(F)cc4)CC3)C=CC=C12. The molecule has 4 aliphatic heterocycles. The maximum absolute atomic E-state index is 13.7. The summed E-state index contributed by atoms with van der Waals surface area (Å²) in [4.78, 5) is 29.1. The van der Waals surface area contributed by atoms with Crippen molar-refractivity contribution in [2.24, 2.45) is 0 Å². The normalized spacial score (nSPS) is 23.6. The van der Waals surface area contributed by atoms with Gasteiger partial charge in [0.2, 0.25) is 0 Å². The van der Waals surface area contributed by atoms with E-state index in [0.717, 1.165) is 30.1 Å². The molecule has 2 saturated heterocycles. The van der Waals surface area contributed by atoms with Crippen molar-refractivity contribution in [3.8, 4) is 5.69 Å². The average molecular weight is 567 g/mol. The van der Waals surface area contributed by atoms with Crippen LogP contribution in [-0.2, 0) is 14.3 Å². The molecule has 2 aromatic rings. The first-order chi connectivity index (χ1) is 19.2. The number of benzene rings is 1. The number of ether oxygens (including phenoxy) is 1. The number of allylic oxidation sites excluding steroid dienone is 2. The van der Waals surface area contributed by atoms with E-state index in [2.05, 4.69) is 26.7 Å². The van der Waals surface area contributed by atoms with Gasteiger partial charge < -0.3 is 9.64 Å². The number of carbonyl (C=O) groups is 2. The summed E-state index contributed by atoms with van der Waals surface area (Å²) in [7, 11) is 0. The van der Waals surface area contributed by atoms with Crippen LogP contribution in [0.1, 0.15) is 45.4 Å². The summed E-state index contributed by atoms with van der Waals surface area (Å²) in [5.74, 6) is 1.54. The molecular weight excluding hydrogens is 533 g/mol. The number of aromatic nitrogens is 4. The van der Waals surface area contributed by atoms with Gasteiger partial charge in [0, 0.05) is 37.4 Å². The van der Waals surface area contributed by atoms with Crippen molar-refractivity contribution < 1.29 is 23.3 Å². The molecule has 4 aliphatic rings. The number of carbonyl (C=O) groups excluding carboxylic acids is 2. The average Bonchev–Trinajstić information content (AvgIpc) is 3.72. The minimum absolute atomic E-state index is 0.0829. The lowest BCUT2D eigenvalue weighted by Gasteiger charge is -2.42. The van der Waals surface area contributed by atoms with Crippen molar-refractivity contribution in [1.82, 2.24) is 30.1 Å². The lowest BCUT2D eigenvalue weighted by Crippen LogP contribution is -2.56. The van der Waals surface area contributed by atoms with Crippen LogP contribution in [0.3, 0.4) is 0 Å². The second-order valence-corrected chi connectivity index (χ2v) is 12.6. The second kappa shape index (κ2) is 10.2. The summed E-state index contributed by atoms with van der Waals surface area (Å²) in [6.07, 6.45) is 7.56. The molecule has 1 aromatic carbocycles. The molecule has 0 spiro atoms. The van der Waals surface area contributed by atoms with Gasteiger partial charge in [0.25, 0.3) is 5.91 Å². The molecule has 0 saturated carbocycles. The third-order valence-corrected chi connectivity index (χ3v) is 8.73. The number of nitrogens with zero attached hydrogens (tertiary/aromatic N) is 7. The van der Waals surface area contributed by atoms with Crippen LogP contribution in [0, 0.1) is 5.82 Å². The number of rotatable bonds is 5. The van der Waals surface area contributed by atoms with Gasteiger partial charge in [0.15, 0.2) is 11.5 Å². The van der Waals surface area contributed by atoms with Gasteiger partial charge in [-0.1, -0.05) is 0 Å². The van der Waals surface area contributed by atoms with E-state index in [1.54, 1.807) is 28.6 Å². The predicted molar refractivity (Wildman–Crippen MR) is 147 cm³/mol. The molecule has 0 aliphatic carbocycles.